The highest BCUT2D eigenvalue weighted by molar-refractivity contribution is 7.99. The van der Waals surface area contributed by atoms with Crippen LogP contribution in [0, 0.1) is 0 Å². The monoisotopic (exact) mass is 513 g/mol. The van der Waals surface area contributed by atoms with Crippen LogP contribution in [0.4, 0.5) is 0 Å². The van der Waals surface area contributed by atoms with E-state index in [0.29, 0.717) is 11.2 Å². The maximum absolute atomic E-state index is 5.29. The molecule has 0 spiro atoms. The zero-order chi connectivity index (χ0) is 24.6. The van der Waals surface area contributed by atoms with Crippen LogP contribution in [0.3, 0.4) is 0 Å². The standard InChI is InChI=1S/C25H29N3O3S2.C2H6/c1-29-19-5-3-17(4-6-19)18-13-15-28(16-14-18)33-23-12-11-22(24-25(23)27-31-26-24)32-21-9-7-20(30-2)8-10-21;1-2/h3-10,18,22-23H,11-16H2,1-2H3;1-2H3. The van der Waals surface area contributed by atoms with Gasteiger partial charge in [0.1, 0.15) is 22.9 Å². The highest BCUT2D eigenvalue weighted by Gasteiger charge is 2.35. The van der Waals surface area contributed by atoms with Crippen molar-refractivity contribution in [3.05, 3.63) is 65.5 Å². The zero-order valence-electron chi connectivity index (χ0n) is 21.0. The predicted octanol–water partition coefficient (Wildman–Crippen LogP) is 7.31. The fourth-order valence-electron chi connectivity index (χ4n) is 4.61. The van der Waals surface area contributed by atoms with Gasteiger partial charge in [0.2, 0.25) is 0 Å². The van der Waals surface area contributed by atoms with Crippen molar-refractivity contribution in [3.63, 3.8) is 0 Å². The smallest absolute Gasteiger partial charge is 0.123 e. The molecule has 1 fully saturated rings. The fraction of sp³-hybridized carbons (Fsp3) is 0.481. The van der Waals surface area contributed by atoms with Crippen molar-refractivity contribution in [1.82, 2.24) is 14.6 Å². The number of fused-ring (bicyclic) bond motifs is 1. The van der Waals surface area contributed by atoms with Crippen LogP contribution in [-0.2, 0) is 0 Å². The first-order chi connectivity index (χ1) is 17.2. The summed E-state index contributed by atoms with van der Waals surface area (Å²) < 4.78 is 18.3. The molecule has 0 radical (unpaired) electrons. The highest BCUT2D eigenvalue weighted by Crippen LogP contribution is 2.50. The molecule has 1 saturated heterocycles. The summed E-state index contributed by atoms with van der Waals surface area (Å²) >= 11 is 3.76. The van der Waals surface area contributed by atoms with E-state index >= 15 is 0 Å². The summed E-state index contributed by atoms with van der Waals surface area (Å²) in [5.41, 5.74) is 3.45. The minimum absolute atomic E-state index is 0.275. The molecular formula is C27H35N3O3S2. The lowest BCUT2D eigenvalue weighted by molar-refractivity contribution is 0.300. The van der Waals surface area contributed by atoms with E-state index in [0.717, 1.165) is 48.8 Å². The summed E-state index contributed by atoms with van der Waals surface area (Å²) in [5, 5.41) is 9.22. The average molecular weight is 514 g/mol. The molecule has 8 heteroatoms. The number of piperidine rings is 1. The lowest BCUT2D eigenvalue weighted by Crippen LogP contribution is -2.29. The van der Waals surface area contributed by atoms with Crippen molar-refractivity contribution in [2.45, 2.75) is 60.8 Å². The van der Waals surface area contributed by atoms with Gasteiger partial charge in [0, 0.05) is 18.0 Å². The summed E-state index contributed by atoms with van der Waals surface area (Å²) in [4.78, 5) is 1.21. The molecular weight excluding hydrogens is 478 g/mol. The molecule has 0 amide bonds. The molecule has 2 heterocycles. The van der Waals surface area contributed by atoms with Gasteiger partial charge in [-0.3, -0.25) is 0 Å². The quantitative estimate of drug-likeness (QED) is 0.305. The second-order valence-electron chi connectivity index (χ2n) is 8.46. The van der Waals surface area contributed by atoms with Crippen LogP contribution in [0.1, 0.15) is 72.9 Å². The second-order valence-corrected chi connectivity index (χ2v) is 11.0. The average Bonchev–Trinajstić information content (AvgIpc) is 3.43. The van der Waals surface area contributed by atoms with Crippen molar-refractivity contribution >= 4 is 23.7 Å². The summed E-state index contributed by atoms with van der Waals surface area (Å²) in [5.74, 6) is 2.41. The molecule has 35 heavy (non-hydrogen) atoms. The van der Waals surface area contributed by atoms with E-state index in [9.17, 15) is 0 Å². The van der Waals surface area contributed by atoms with Crippen LogP contribution in [-0.4, -0.2) is 41.9 Å². The van der Waals surface area contributed by atoms with Crippen molar-refractivity contribution in [2.75, 3.05) is 27.3 Å². The van der Waals surface area contributed by atoms with Crippen LogP contribution in [0.5, 0.6) is 11.5 Å². The molecule has 5 rings (SSSR count). The van der Waals surface area contributed by atoms with E-state index in [1.807, 2.05) is 49.7 Å². The largest absolute Gasteiger partial charge is 0.497 e. The molecule has 1 aliphatic heterocycles. The molecule has 6 nitrogen and oxygen atoms in total. The Labute approximate surface area is 217 Å². The number of hydrogen-bond acceptors (Lipinski definition) is 8. The first-order valence-electron chi connectivity index (χ1n) is 12.4. The van der Waals surface area contributed by atoms with Crippen molar-refractivity contribution in [1.29, 1.82) is 0 Å². The van der Waals surface area contributed by atoms with E-state index < -0.39 is 0 Å². The number of benzene rings is 2. The molecule has 0 N–H and O–H groups in total. The Hall–Kier alpha value is -2.16. The molecule has 0 saturated carbocycles. The van der Waals surface area contributed by atoms with E-state index in [1.54, 1.807) is 14.2 Å². The van der Waals surface area contributed by atoms with Crippen LogP contribution < -0.4 is 9.47 Å². The minimum atomic E-state index is 0.275. The maximum Gasteiger partial charge on any atom is 0.123 e. The minimum Gasteiger partial charge on any atom is -0.497 e. The number of nitrogens with zero attached hydrogens (tertiary/aromatic N) is 3. The Balaban J connectivity index is 0.00000141. The van der Waals surface area contributed by atoms with Crippen LogP contribution in [0.2, 0.25) is 0 Å². The van der Waals surface area contributed by atoms with Gasteiger partial charge in [-0.1, -0.05) is 48.2 Å². The van der Waals surface area contributed by atoms with Crippen LogP contribution in [0.15, 0.2) is 58.1 Å². The van der Waals surface area contributed by atoms with Gasteiger partial charge >= 0.3 is 0 Å². The molecule has 1 aromatic heterocycles. The Bertz CT molecular complexity index is 1030. The number of hydrogen-bond donors (Lipinski definition) is 0. The van der Waals surface area contributed by atoms with Crippen molar-refractivity contribution < 1.29 is 14.1 Å². The number of rotatable bonds is 7. The normalized spacial score (nSPS) is 20.5. The summed E-state index contributed by atoms with van der Waals surface area (Å²) in [7, 11) is 3.40. The molecule has 0 bridgehead atoms. The number of ether oxygens (including phenoxy) is 2. The van der Waals surface area contributed by atoms with E-state index in [1.165, 1.54) is 23.3 Å². The fourth-order valence-corrected chi connectivity index (χ4v) is 7.05. The van der Waals surface area contributed by atoms with E-state index in [-0.39, 0.29) is 5.25 Å². The highest BCUT2D eigenvalue weighted by atomic mass is 32.2. The van der Waals surface area contributed by atoms with E-state index in [4.69, 9.17) is 14.1 Å². The number of aromatic nitrogens is 2. The summed E-state index contributed by atoms with van der Waals surface area (Å²) in [6.07, 6.45) is 4.49. The van der Waals surface area contributed by atoms with Gasteiger partial charge < -0.3 is 9.47 Å². The lowest BCUT2D eigenvalue weighted by atomic mass is 9.90. The third-order valence-corrected chi connectivity index (χ3v) is 9.16. The maximum atomic E-state index is 5.29. The van der Waals surface area contributed by atoms with Crippen LogP contribution >= 0.6 is 23.7 Å². The molecule has 2 aromatic carbocycles. The number of thioether (sulfide) groups is 1. The molecule has 2 atom stereocenters. The van der Waals surface area contributed by atoms with Gasteiger partial charge in [0.05, 0.1) is 24.7 Å². The summed E-state index contributed by atoms with van der Waals surface area (Å²) in [6, 6.07) is 16.8. The molecule has 3 aromatic rings. The zero-order valence-corrected chi connectivity index (χ0v) is 22.6. The molecule has 2 unspecified atom stereocenters. The molecule has 1 aliphatic carbocycles. The lowest BCUT2D eigenvalue weighted by Gasteiger charge is -2.34. The summed E-state index contributed by atoms with van der Waals surface area (Å²) in [6.45, 7) is 6.17. The van der Waals surface area contributed by atoms with Gasteiger partial charge in [-0.05, 0) is 73.6 Å². The Morgan fingerprint density at radius 1 is 0.771 bits per heavy atom. The van der Waals surface area contributed by atoms with Crippen LogP contribution in [0.25, 0.3) is 0 Å². The van der Waals surface area contributed by atoms with E-state index in [2.05, 4.69) is 51.0 Å². The molecule has 188 valence electrons. The van der Waals surface area contributed by atoms with Gasteiger partial charge in [-0.15, -0.1) is 11.8 Å². The molecule has 2 aliphatic rings. The van der Waals surface area contributed by atoms with Crippen molar-refractivity contribution in [3.8, 4) is 11.5 Å². The Kier molecular flexibility index (Phi) is 9.40. The van der Waals surface area contributed by atoms with Gasteiger partial charge in [-0.25, -0.2) is 8.93 Å². The van der Waals surface area contributed by atoms with Crippen molar-refractivity contribution in [2.24, 2.45) is 0 Å². The predicted molar refractivity (Wildman–Crippen MR) is 143 cm³/mol. The Morgan fingerprint density at radius 2 is 1.31 bits per heavy atom. The first-order valence-corrected chi connectivity index (χ1v) is 14.1. The van der Waals surface area contributed by atoms with Gasteiger partial charge in [0.25, 0.3) is 0 Å². The second kappa shape index (κ2) is 12.7. The van der Waals surface area contributed by atoms with Gasteiger partial charge in [0.15, 0.2) is 0 Å². The Morgan fingerprint density at radius 3 is 1.91 bits per heavy atom. The third-order valence-electron chi connectivity index (χ3n) is 6.50. The first kappa shape index (κ1) is 25.9. The van der Waals surface area contributed by atoms with Gasteiger partial charge in [-0.2, -0.15) is 0 Å². The topological polar surface area (TPSA) is 60.6 Å². The third kappa shape index (κ3) is 6.35. The number of methoxy groups -OCH3 is 2. The SMILES string of the molecule is CC.COc1ccc(SC2CCC(SN3CCC(c4ccc(OC)cc4)CC3)c3nonc32)cc1.